The molecule has 0 aliphatic heterocycles. The van der Waals surface area contributed by atoms with Crippen LogP contribution in [0.1, 0.15) is 20.8 Å². The molecular weight excluding hydrogens is 275 g/mol. The SMILES string of the molecule is CC(C)(C)[Si](C)(C)OCC(F)(F)C(O)C(F)(F)F. The number of aliphatic hydroxyl groups is 1. The van der Waals surface area contributed by atoms with Crippen molar-refractivity contribution in [2.75, 3.05) is 6.61 Å². The second-order valence-electron chi connectivity index (χ2n) is 5.75. The first kappa shape index (κ1) is 17.8. The van der Waals surface area contributed by atoms with E-state index in [4.69, 9.17) is 9.53 Å². The van der Waals surface area contributed by atoms with Gasteiger partial charge in [0.1, 0.15) is 6.61 Å². The van der Waals surface area contributed by atoms with Gasteiger partial charge in [0.05, 0.1) is 0 Å². The third-order valence-electron chi connectivity index (χ3n) is 3.14. The van der Waals surface area contributed by atoms with Crippen molar-refractivity contribution in [1.82, 2.24) is 0 Å². The highest BCUT2D eigenvalue weighted by Crippen LogP contribution is 2.39. The fraction of sp³-hybridized carbons (Fsp3) is 1.00. The van der Waals surface area contributed by atoms with Gasteiger partial charge in [-0.05, 0) is 18.1 Å². The number of hydrogen-bond acceptors (Lipinski definition) is 2. The van der Waals surface area contributed by atoms with Gasteiger partial charge < -0.3 is 9.53 Å². The van der Waals surface area contributed by atoms with Crippen molar-refractivity contribution in [3.05, 3.63) is 0 Å². The standard InChI is InChI=1S/C10H19F5O2Si/c1-8(2,3)18(4,5)17-6-9(11,12)7(16)10(13,14)15/h7,16H,6H2,1-5H3. The topological polar surface area (TPSA) is 29.5 Å². The predicted molar refractivity (Wildman–Crippen MR) is 60.2 cm³/mol. The predicted octanol–water partition coefficient (Wildman–Crippen LogP) is 3.57. The molecule has 110 valence electrons. The zero-order valence-electron chi connectivity index (χ0n) is 11.0. The average molecular weight is 294 g/mol. The molecule has 0 rings (SSSR count). The maximum absolute atomic E-state index is 13.2. The van der Waals surface area contributed by atoms with Gasteiger partial charge in [0.15, 0.2) is 8.32 Å². The van der Waals surface area contributed by atoms with Crippen molar-refractivity contribution in [2.24, 2.45) is 0 Å². The molecule has 0 saturated carbocycles. The molecule has 0 aromatic rings. The highest BCUT2D eigenvalue weighted by molar-refractivity contribution is 6.74. The molecule has 0 fully saturated rings. The fourth-order valence-corrected chi connectivity index (χ4v) is 1.80. The summed E-state index contributed by atoms with van der Waals surface area (Å²) in [4.78, 5) is 0. The van der Waals surface area contributed by atoms with Gasteiger partial charge in [0.25, 0.3) is 0 Å². The van der Waals surface area contributed by atoms with Gasteiger partial charge in [0, 0.05) is 0 Å². The summed E-state index contributed by atoms with van der Waals surface area (Å²) in [5, 5.41) is 8.18. The highest BCUT2D eigenvalue weighted by atomic mass is 28.4. The van der Waals surface area contributed by atoms with E-state index in [9.17, 15) is 22.0 Å². The van der Waals surface area contributed by atoms with E-state index in [0.29, 0.717) is 0 Å². The van der Waals surface area contributed by atoms with Gasteiger partial charge in [-0.25, -0.2) is 8.78 Å². The summed E-state index contributed by atoms with van der Waals surface area (Å²) in [7, 11) is -2.58. The van der Waals surface area contributed by atoms with Crippen LogP contribution in [0.25, 0.3) is 0 Å². The molecule has 2 nitrogen and oxygen atoms in total. The molecule has 0 aromatic heterocycles. The van der Waals surface area contributed by atoms with Crippen LogP contribution in [0.2, 0.25) is 18.1 Å². The van der Waals surface area contributed by atoms with Crippen LogP contribution >= 0.6 is 0 Å². The maximum Gasteiger partial charge on any atom is 0.420 e. The Balaban J connectivity index is 4.73. The zero-order chi connectivity index (χ0) is 15.0. The first-order valence-corrected chi connectivity index (χ1v) is 8.29. The van der Waals surface area contributed by atoms with E-state index in [0.717, 1.165) is 0 Å². The van der Waals surface area contributed by atoms with Crippen LogP contribution < -0.4 is 0 Å². The van der Waals surface area contributed by atoms with E-state index in [1.54, 1.807) is 33.9 Å². The van der Waals surface area contributed by atoms with Crippen molar-refractivity contribution < 1.29 is 31.5 Å². The summed E-state index contributed by atoms with van der Waals surface area (Å²) >= 11 is 0. The molecule has 8 heteroatoms. The second-order valence-corrected chi connectivity index (χ2v) is 10.6. The molecule has 0 amide bonds. The van der Waals surface area contributed by atoms with Gasteiger partial charge in [-0.1, -0.05) is 20.8 Å². The Morgan fingerprint density at radius 3 is 1.72 bits per heavy atom. The summed E-state index contributed by atoms with van der Waals surface area (Å²) in [5.74, 6) is -4.34. The molecule has 1 N–H and O–H groups in total. The minimum Gasteiger partial charge on any atom is -0.411 e. The zero-order valence-corrected chi connectivity index (χ0v) is 12.0. The van der Waals surface area contributed by atoms with Crippen LogP contribution in [-0.4, -0.2) is 38.2 Å². The minimum absolute atomic E-state index is 0.397. The number of rotatable bonds is 4. The van der Waals surface area contributed by atoms with E-state index in [-0.39, 0.29) is 0 Å². The van der Waals surface area contributed by atoms with Crippen LogP contribution in [0.15, 0.2) is 0 Å². The lowest BCUT2D eigenvalue weighted by Crippen LogP contribution is -2.51. The van der Waals surface area contributed by atoms with E-state index in [2.05, 4.69) is 0 Å². The van der Waals surface area contributed by atoms with Crippen molar-refractivity contribution in [1.29, 1.82) is 0 Å². The molecule has 0 radical (unpaired) electrons. The lowest BCUT2D eigenvalue weighted by atomic mass is 10.2. The molecule has 18 heavy (non-hydrogen) atoms. The Morgan fingerprint density at radius 1 is 1.06 bits per heavy atom. The van der Waals surface area contributed by atoms with E-state index < -0.39 is 38.2 Å². The monoisotopic (exact) mass is 294 g/mol. The summed E-state index contributed by atoms with van der Waals surface area (Å²) in [6, 6.07) is 0. The first-order chi connectivity index (χ1) is 7.61. The Morgan fingerprint density at radius 2 is 1.44 bits per heavy atom. The molecule has 0 aliphatic rings. The van der Waals surface area contributed by atoms with Crippen LogP contribution in [0.3, 0.4) is 0 Å². The van der Waals surface area contributed by atoms with Gasteiger partial charge in [-0.2, -0.15) is 13.2 Å². The van der Waals surface area contributed by atoms with Crippen LogP contribution in [0.5, 0.6) is 0 Å². The van der Waals surface area contributed by atoms with Gasteiger partial charge in [-0.15, -0.1) is 0 Å². The number of halogens is 5. The van der Waals surface area contributed by atoms with E-state index >= 15 is 0 Å². The molecule has 0 bridgehead atoms. The van der Waals surface area contributed by atoms with Crippen molar-refractivity contribution in [2.45, 2.75) is 57.1 Å². The Kier molecular flexibility index (Phi) is 4.99. The molecule has 0 aromatic carbocycles. The summed E-state index contributed by atoms with van der Waals surface area (Å²) < 4.78 is 67.4. The smallest absolute Gasteiger partial charge is 0.411 e. The first-order valence-electron chi connectivity index (χ1n) is 5.38. The van der Waals surface area contributed by atoms with E-state index in [1.165, 1.54) is 0 Å². The highest BCUT2D eigenvalue weighted by Gasteiger charge is 2.56. The van der Waals surface area contributed by atoms with Gasteiger partial charge >= 0.3 is 12.1 Å². The van der Waals surface area contributed by atoms with E-state index in [1.807, 2.05) is 0 Å². The Bertz CT molecular complexity index is 283. The minimum atomic E-state index is -5.36. The molecular formula is C10H19F5O2Si. The molecule has 1 unspecified atom stereocenters. The van der Waals surface area contributed by atoms with Gasteiger partial charge in [-0.3, -0.25) is 0 Å². The summed E-state index contributed by atoms with van der Waals surface area (Å²) in [6.45, 7) is 7.18. The lowest BCUT2D eigenvalue weighted by molar-refractivity contribution is -0.275. The lowest BCUT2D eigenvalue weighted by Gasteiger charge is -2.37. The van der Waals surface area contributed by atoms with Crippen LogP contribution in [0, 0.1) is 0 Å². The van der Waals surface area contributed by atoms with Gasteiger partial charge in [0.2, 0.25) is 6.10 Å². The fourth-order valence-electron chi connectivity index (χ4n) is 0.812. The number of alkyl halides is 5. The van der Waals surface area contributed by atoms with Crippen molar-refractivity contribution in [3.63, 3.8) is 0 Å². The van der Waals surface area contributed by atoms with Crippen LogP contribution in [-0.2, 0) is 4.43 Å². The van der Waals surface area contributed by atoms with Crippen molar-refractivity contribution >= 4 is 8.32 Å². The molecule has 0 aliphatic carbocycles. The quantitative estimate of drug-likeness (QED) is 0.634. The average Bonchev–Trinajstić information content (AvgIpc) is 2.10. The summed E-state index contributed by atoms with van der Waals surface area (Å²) in [5.41, 5.74) is 0. The maximum atomic E-state index is 13.2. The third-order valence-corrected chi connectivity index (χ3v) is 7.62. The molecule has 0 saturated heterocycles. The molecule has 1 atom stereocenters. The number of aliphatic hydroxyl groups excluding tert-OH is 1. The Labute approximate surface area is 104 Å². The normalized spacial score (nSPS) is 16.8. The third kappa shape index (κ3) is 4.47. The Hall–Kier alpha value is -0.213. The van der Waals surface area contributed by atoms with Crippen LogP contribution in [0.4, 0.5) is 22.0 Å². The number of hydrogen-bond donors (Lipinski definition) is 1. The second kappa shape index (κ2) is 5.05. The molecule has 0 spiro atoms. The largest absolute Gasteiger partial charge is 0.420 e. The summed E-state index contributed by atoms with van der Waals surface area (Å²) in [6.07, 6.45) is -9.06. The molecule has 0 heterocycles. The van der Waals surface area contributed by atoms with Crippen molar-refractivity contribution in [3.8, 4) is 0 Å².